The lowest BCUT2D eigenvalue weighted by Gasteiger charge is -2.38. The van der Waals surface area contributed by atoms with Gasteiger partial charge in [-0.15, -0.1) is 0 Å². The number of carbonyl (C=O) groups is 1. The molecule has 0 saturated heterocycles. The second-order valence-electron chi connectivity index (χ2n) is 6.72. The number of ether oxygens (including phenoxy) is 1. The first-order valence-corrected chi connectivity index (χ1v) is 8.75. The molecule has 2 atom stereocenters. The van der Waals surface area contributed by atoms with Gasteiger partial charge in [0.15, 0.2) is 0 Å². The van der Waals surface area contributed by atoms with Gasteiger partial charge >= 0.3 is 5.97 Å². The number of hydrogen-bond acceptors (Lipinski definition) is 4. The maximum absolute atomic E-state index is 12.3. The number of aromatic amines is 1. The van der Waals surface area contributed by atoms with Gasteiger partial charge in [0, 0.05) is 35.0 Å². The smallest absolute Gasteiger partial charge is 0.339 e. The fourth-order valence-corrected chi connectivity index (χ4v) is 4.31. The highest BCUT2D eigenvalue weighted by molar-refractivity contribution is 5.91. The number of para-hydroxylation sites is 1. The van der Waals surface area contributed by atoms with E-state index >= 15 is 0 Å². The van der Waals surface area contributed by atoms with Gasteiger partial charge in [0.2, 0.25) is 0 Å². The van der Waals surface area contributed by atoms with Crippen LogP contribution in [0.2, 0.25) is 0 Å². The van der Waals surface area contributed by atoms with Crippen molar-refractivity contribution >= 4 is 16.9 Å². The van der Waals surface area contributed by atoms with Crippen molar-refractivity contribution in [2.24, 2.45) is 0 Å². The Balaban J connectivity index is 1.63. The van der Waals surface area contributed by atoms with E-state index in [0.29, 0.717) is 12.2 Å². The Bertz CT molecular complexity index is 992. The lowest BCUT2D eigenvalue weighted by atomic mass is 9.80. The van der Waals surface area contributed by atoms with E-state index in [1.807, 2.05) is 13.1 Å². The standard InChI is InChI=1S/C20H19N3O2/c1-2-25-20(24)15-10-21-9-14-12(15)7-18-19-13(8-17(14)22-18)11-5-3-4-6-16(11)23-19/h3-6,9-10,17-18,22-23H,2,7-8H2,1H3/t17-,18-/m0/s1. The van der Waals surface area contributed by atoms with E-state index < -0.39 is 0 Å². The Morgan fingerprint density at radius 2 is 2.04 bits per heavy atom. The maximum Gasteiger partial charge on any atom is 0.339 e. The average Bonchev–Trinajstić information content (AvgIpc) is 3.01. The largest absolute Gasteiger partial charge is 0.462 e. The van der Waals surface area contributed by atoms with Crippen molar-refractivity contribution in [2.75, 3.05) is 6.61 Å². The summed E-state index contributed by atoms with van der Waals surface area (Å²) in [4.78, 5) is 20.2. The van der Waals surface area contributed by atoms with E-state index in [9.17, 15) is 4.79 Å². The number of esters is 1. The van der Waals surface area contributed by atoms with Crippen LogP contribution >= 0.6 is 0 Å². The molecule has 25 heavy (non-hydrogen) atoms. The summed E-state index contributed by atoms with van der Waals surface area (Å²) in [5, 5.41) is 5.00. The van der Waals surface area contributed by atoms with E-state index in [0.717, 1.165) is 24.0 Å². The summed E-state index contributed by atoms with van der Waals surface area (Å²) in [6, 6.07) is 8.81. The molecule has 0 spiro atoms. The Morgan fingerprint density at radius 1 is 1.20 bits per heavy atom. The zero-order valence-electron chi connectivity index (χ0n) is 14.0. The quantitative estimate of drug-likeness (QED) is 0.707. The van der Waals surface area contributed by atoms with Gasteiger partial charge in [-0.2, -0.15) is 0 Å². The van der Waals surface area contributed by atoms with Crippen molar-refractivity contribution in [1.29, 1.82) is 0 Å². The van der Waals surface area contributed by atoms with Gasteiger partial charge in [0.25, 0.3) is 0 Å². The van der Waals surface area contributed by atoms with Crippen molar-refractivity contribution in [1.82, 2.24) is 15.3 Å². The summed E-state index contributed by atoms with van der Waals surface area (Å²) < 4.78 is 5.23. The van der Waals surface area contributed by atoms with Crippen molar-refractivity contribution in [3.05, 3.63) is 64.6 Å². The molecule has 0 radical (unpaired) electrons. The molecule has 4 heterocycles. The van der Waals surface area contributed by atoms with Gasteiger partial charge in [-0.25, -0.2) is 4.79 Å². The van der Waals surface area contributed by atoms with Crippen molar-refractivity contribution in [3.8, 4) is 0 Å². The molecular weight excluding hydrogens is 314 g/mol. The highest BCUT2D eigenvalue weighted by Crippen LogP contribution is 2.42. The highest BCUT2D eigenvalue weighted by Gasteiger charge is 2.37. The molecule has 2 N–H and O–H groups in total. The molecule has 0 fully saturated rings. The molecule has 2 bridgehead atoms. The third-order valence-electron chi connectivity index (χ3n) is 5.38. The van der Waals surface area contributed by atoms with Gasteiger partial charge in [-0.3, -0.25) is 4.98 Å². The molecule has 2 aliphatic rings. The third-order valence-corrected chi connectivity index (χ3v) is 5.38. The lowest BCUT2D eigenvalue weighted by molar-refractivity contribution is 0.0523. The Labute approximate surface area is 145 Å². The van der Waals surface area contributed by atoms with Gasteiger partial charge in [0.1, 0.15) is 0 Å². The van der Waals surface area contributed by atoms with Crippen LogP contribution in [-0.2, 0) is 17.6 Å². The monoisotopic (exact) mass is 333 g/mol. The molecule has 126 valence electrons. The summed E-state index contributed by atoms with van der Waals surface area (Å²) >= 11 is 0. The molecule has 0 saturated carbocycles. The Morgan fingerprint density at radius 3 is 2.92 bits per heavy atom. The fraction of sp³-hybridized carbons (Fsp3) is 0.300. The predicted octanol–water partition coefficient (Wildman–Crippen LogP) is 3.22. The fourth-order valence-electron chi connectivity index (χ4n) is 4.31. The Hall–Kier alpha value is -2.66. The van der Waals surface area contributed by atoms with E-state index in [4.69, 9.17) is 4.74 Å². The van der Waals surface area contributed by atoms with Crippen molar-refractivity contribution in [3.63, 3.8) is 0 Å². The Kier molecular flexibility index (Phi) is 3.18. The first kappa shape index (κ1) is 14.7. The molecule has 5 nitrogen and oxygen atoms in total. The number of fused-ring (bicyclic) bond motifs is 8. The number of pyridine rings is 1. The van der Waals surface area contributed by atoms with Crippen LogP contribution in [0.3, 0.4) is 0 Å². The second kappa shape index (κ2) is 5.43. The van der Waals surface area contributed by atoms with Crippen molar-refractivity contribution in [2.45, 2.75) is 31.8 Å². The average molecular weight is 333 g/mol. The van der Waals surface area contributed by atoms with Crippen molar-refractivity contribution < 1.29 is 9.53 Å². The summed E-state index contributed by atoms with van der Waals surface area (Å²) in [6.45, 7) is 2.20. The zero-order valence-corrected chi connectivity index (χ0v) is 14.0. The molecule has 5 rings (SSSR count). The minimum atomic E-state index is -0.274. The first-order valence-electron chi connectivity index (χ1n) is 8.75. The molecule has 3 aromatic rings. The normalized spacial score (nSPS) is 20.8. The minimum Gasteiger partial charge on any atom is -0.462 e. The summed E-state index contributed by atoms with van der Waals surface area (Å²) in [7, 11) is 0. The molecule has 0 unspecified atom stereocenters. The molecular formula is C20H19N3O2. The number of aromatic nitrogens is 2. The lowest BCUT2D eigenvalue weighted by Crippen LogP contribution is -2.39. The number of benzene rings is 1. The highest BCUT2D eigenvalue weighted by atomic mass is 16.5. The molecule has 0 amide bonds. The topological polar surface area (TPSA) is 67.0 Å². The van der Waals surface area contributed by atoms with Crippen LogP contribution in [0.25, 0.3) is 10.9 Å². The number of carbonyl (C=O) groups excluding carboxylic acids is 1. The number of H-pyrrole nitrogens is 1. The minimum absolute atomic E-state index is 0.183. The van der Waals surface area contributed by atoms with E-state index in [-0.39, 0.29) is 18.1 Å². The third kappa shape index (κ3) is 2.12. The molecule has 0 aliphatic carbocycles. The van der Waals surface area contributed by atoms with Gasteiger partial charge in [-0.05, 0) is 42.5 Å². The number of nitrogens with zero attached hydrogens (tertiary/aromatic N) is 1. The molecule has 5 heteroatoms. The van der Waals surface area contributed by atoms with E-state index in [1.165, 1.54) is 22.2 Å². The maximum atomic E-state index is 12.3. The van der Waals surface area contributed by atoms with Crippen LogP contribution in [0.1, 0.15) is 51.7 Å². The van der Waals surface area contributed by atoms with Crippen LogP contribution in [0.4, 0.5) is 0 Å². The van der Waals surface area contributed by atoms with Crippen LogP contribution < -0.4 is 5.32 Å². The van der Waals surface area contributed by atoms with Gasteiger partial charge in [-0.1, -0.05) is 18.2 Å². The van der Waals surface area contributed by atoms with Crippen LogP contribution in [0, 0.1) is 0 Å². The van der Waals surface area contributed by atoms with E-state index in [1.54, 1.807) is 6.20 Å². The predicted molar refractivity (Wildman–Crippen MR) is 94.5 cm³/mol. The summed E-state index contributed by atoms with van der Waals surface area (Å²) in [5.74, 6) is -0.274. The summed E-state index contributed by atoms with van der Waals surface area (Å²) in [5.41, 5.74) is 6.61. The summed E-state index contributed by atoms with van der Waals surface area (Å²) in [6.07, 6.45) is 5.20. The molecule has 2 aliphatic heterocycles. The number of nitrogens with one attached hydrogen (secondary N) is 2. The zero-order chi connectivity index (χ0) is 17.0. The SMILES string of the molecule is CCOC(=O)c1cncc2c1C[C@@H]1N[C@H]2Cc2c1[nH]c1ccccc21. The first-order chi connectivity index (χ1) is 12.3. The van der Waals surface area contributed by atoms with Gasteiger partial charge in [0.05, 0.1) is 18.2 Å². The number of rotatable bonds is 2. The second-order valence-corrected chi connectivity index (χ2v) is 6.72. The van der Waals surface area contributed by atoms with Crippen LogP contribution in [0.15, 0.2) is 36.7 Å². The molecule has 2 aromatic heterocycles. The molecule has 1 aromatic carbocycles. The number of hydrogen-bond donors (Lipinski definition) is 2. The van der Waals surface area contributed by atoms with Crippen LogP contribution in [-0.4, -0.2) is 22.5 Å². The van der Waals surface area contributed by atoms with E-state index in [2.05, 4.69) is 39.6 Å². The van der Waals surface area contributed by atoms with Crippen LogP contribution in [0.5, 0.6) is 0 Å². The van der Waals surface area contributed by atoms with Gasteiger partial charge < -0.3 is 15.0 Å².